The number of unbranched alkanes of at least 4 members (excludes halogenated alkanes) is 2. The molecule has 0 aliphatic heterocycles. The molecular formula is C20H23F4N5O2. The summed E-state index contributed by atoms with van der Waals surface area (Å²) in [6.45, 7) is -1.83. The van der Waals surface area contributed by atoms with E-state index in [1.165, 1.54) is 28.9 Å². The molecule has 0 bridgehead atoms. The van der Waals surface area contributed by atoms with E-state index in [2.05, 4.69) is 15.6 Å². The van der Waals surface area contributed by atoms with Gasteiger partial charge in [-0.1, -0.05) is 11.6 Å². The molecule has 0 spiro atoms. The molecule has 1 saturated carbocycles. The van der Waals surface area contributed by atoms with E-state index in [9.17, 15) is 27.2 Å². The van der Waals surface area contributed by atoms with Crippen LogP contribution in [-0.4, -0.2) is 52.2 Å². The summed E-state index contributed by atoms with van der Waals surface area (Å²) >= 11 is 0. The van der Waals surface area contributed by atoms with Gasteiger partial charge in [-0.15, -0.1) is 5.10 Å². The maximum atomic E-state index is 12.5. The fraction of sp³-hybridized carbons (Fsp3) is 0.500. The van der Waals surface area contributed by atoms with Crippen LogP contribution in [0.25, 0.3) is 5.69 Å². The number of aromatic nitrogens is 3. The molecule has 0 unspecified atom stereocenters. The van der Waals surface area contributed by atoms with Crippen LogP contribution in [0.1, 0.15) is 58.6 Å². The van der Waals surface area contributed by atoms with Crippen LogP contribution in [0, 0.1) is 0 Å². The number of hydrogen-bond acceptors (Lipinski definition) is 4. The Morgan fingerprint density at radius 1 is 1.06 bits per heavy atom. The van der Waals surface area contributed by atoms with Crippen molar-refractivity contribution in [3.63, 3.8) is 0 Å². The summed E-state index contributed by atoms with van der Waals surface area (Å²) in [4.78, 5) is 24.4. The number of hydrogen-bond donors (Lipinski definition) is 2. The quantitative estimate of drug-likeness (QED) is 0.438. The van der Waals surface area contributed by atoms with Crippen molar-refractivity contribution in [1.29, 1.82) is 0 Å². The third-order valence-electron chi connectivity index (χ3n) is 4.76. The Balaban J connectivity index is 1.77. The summed E-state index contributed by atoms with van der Waals surface area (Å²) in [5.74, 6) is -1.17. The summed E-state index contributed by atoms with van der Waals surface area (Å²) in [6.07, 6.45) is -0.498. The molecule has 1 fully saturated rings. The smallest absolute Gasteiger partial charge is 0.348 e. The Kier molecular flexibility index (Phi) is 7.24. The predicted octanol–water partition coefficient (Wildman–Crippen LogP) is 3.13. The molecule has 3 rings (SSSR count). The first kappa shape index (κ1) is 22.7. The molecule has 1 aromatic carbocycles. The average Bonchev–Trinajstić information content (AvgIpc) is 3.44. The second kappa shape index (κ2) is 9.88. The van der Waals surface area contributed by atoms with Crippen LogP contribution >= 0.6 is 0 Å². The molecule has 1 heterocycles. The molecule has 11 heteroatoms. The monoisotopic (exact) mass is 441 g/mol. The van der Waals surface area contributed by atoms with Gasteiger partial charge in [-0.2, -0.15) is 13.2 Å². The standard InChI is InChI=1S/C20H23F4N5O2/c21-11-3-1-2-4-16-17(19(31)26-14-7-8-14)27-28-29(16)15-9-5-13(6-10-15)18(30)25-12-20(22,23)24/h5-6,9-10,14H,1-4,7-8,11-12H2,(H,25,30)(H,26,31). The largest absolute Gasteiger partial charge is 0.405 e. The lowest BCUT2D eigenvalue weighted by Gasteiger charge is -2.10. The van der Waals surface area contributed by atoms with E-state index < -0.39 is 25.3 Å². The highest BCUT2D eigenvalue weighted by molar-refractivity contribution is 5.95. The molecule has 168 valence electrons. The number of carbonyl (C=O) groups excluding carboxylic acids is 2. The van der Waals surface area contributed by atoms with Gasteiger partial charge in [0.15, 0.2) is 5.69 Å². The van der Waals surface area contributed by atoms with Gasteiger partial charge in [0, 0.05) is 11.6 Å². The summed E-state index contributed by atoms with van der Waals surface area (Å²) in [5.41, 5.74) is 1.32. The van der Waals surface area contributed by atoms with Crippen molar-refractivity contribution in [2.75, 3.05) is 13.2 Å². The van der Waals surface area contributed by atoms with Crippen molar-refractivity contribution in [3.05, 3.63) is 41.2 Å². The summed E-state index contributed by atoms with van der Waals surface area (Å²) in [6, 6.07) is 5.93. The molecule has 1 aliphatic rings. The molecule has 0 radical (unpaired) electrons. The number of benzene rings is 1. The number of amides is 2. The van der Waals surface area contributed by atoms with E-state index in [0.717, 1.165) is 12.8 Å². The van der Waals surface area contributed by atoms with Crippen molar-refractivity contribution in [3.8, 4) is 5.69 Å². The van der Waals surface area contributed by atoms with Crippen LogP contribution < -0.4 is 10.6 Å². The minimum Gasteiger partial charge on any atom is -0.348 e. The predicted molar refractivity (Wildman–Crippen MR) is 104 cm³/mol. The fourth-order valence-electron chi connectivity index (χ4n) is 2.99. The molecule has 1 aliphatic carbocycles. The van der Waals surface area contributed by atoms with Crippen LogP contribution in [0.4, 0.5) is 17.6 Å². The first-order valence-corrected chi connectivity index (χ1v) is 10.1. The van der Waals surface area contributed by atoms with Gasteiger partial charge in [-0.25, -0.2) is 4.68 Å². The third-order valence-corrected chi connectivity index (χ3v) is 4.76. The van der Waals surface area contributed by atoms with E-state index in [-0.39, 0.29) is 23.2 Å². The lowest BCUT2D eigenvalue weighted by atomic mass is 10.1. The van der Waals surface area contributed by atoms with Gasteiger partial charge in [-0.3, -0.25) is 14.0 Å². The molecule has 1 aromatic heterocycles. The fourth-order valence-corrected chi connectivity index (χ4v) is 2.99. The number of rotatable bonds is 10. The number of nitrogens with zero attached hydrogens (tertiary/aromatic N) is 3. The third kappa shape index (κ3) is 6.50. The Labute approximate surface area is 176 Å². The highest BCUT2D eigenvalue weighted by atomic mass is 19.4. The second-order valence-corrected chi connectivity index (χ2v) is 7.39. The molecule has 2 aromatic rings. The van der Waals surface area contributed by atoms with Crippen LogP contribution in [0.5, 0.6) is 0 Å². The number of carbonyl (C=O) groups is 2. The lowest BCUT2D eigenvalue weighted by molar-refractivity contribution is -0.123. The van der Waals surface area contributed by atoms with Gasteiger partial charge in [0.05, 0.1) is 18.1 Å². The Hall–Kier alpha value is -2.98. The number of halogens is 4. The van der Waals surface area contributed by atoms with Crippen molar-refractivity contribution in [2.45, 2.75) is 50.7 Å². The first-order valence-electron chi connectivity index (χ1n) is 10.1. The first-order chi connectivity index (χ1) is 14.8. The van der Waals surface area contributed by atoms with Gasteiger partial charge in [0.2, 0.25) is 0 Å². The average molecular weight is 441 g/mol. The zero-order valence-corrected chi connectivity index (χ0v) is 16.7. The van der Waals surface area contributed by atoms with Crippen LogP contribution in [0.3, 0.4) is 0 Å². The minimum absolute atomic E-state index is 0.0595. The lowest BCUT2D eigenvalue weighted by Crippen LogP contribution is -2.33. The SMILES string of the molecule is O=C(NCC(F)(F)F)c1ccc(-n2nnc(C(=O)NC3CC3)c2CCCCCF)cc1. The minimum atomic E-state index is -4.50. The van der Waals surface area contributed by atoms with Gasteiger partial charge in [0.25, 0.3) is 11.8 Å². The normalized spacial score (nSPS) is 13.8. The molecule has 31 heavy (non-hydrogen) atoms. The molecular weight excluding hydrogens is 418 g/mol. The van der Waals surface area contributed by atoms with Gasteiger partial charge < -0.3 is 10.6 Å². The molecule has 0 saturated heterocycles. The van der Waals surface area contributed by atoms with Crippen molar-refractivity contribution < 1.29 is 27.2 Å². The molecule has 2 N–H and O–H groups in total. The maximum Gasteiger partial charge on any atom is 0.405 e. The van der Waals surface area contributed by atoms with Crippen LogP contribution in [0.15, 0.2) is 24.3 Å². The second-order valence-electron chi connectivity index (χ2n) is 7.39. The summed E-state index contributed by atoms with van der Waals surface area (Å²) in [5, 5.41) is 12.7. The maximum absolute atomic E-state index is 12.5. The van der Waals surface area contributed by atoms with Crippen molar-refractivity contribution in [2.24, 2.45) is 0 Å². The molecule has 0 atom stereocenters. The van der Waals surface area contributed by atoms with Gasteiger partial charge in [-0.05, 0) is 56.4 Å². The number of nitrogens with one attached hydrogen (secondary N) is 2. The Bertz CT molecular complexity index is 907. The van der Waals surface area contributed by atoms with E-state index in [1.54, 1.807) is 0 Å². The van der Waals surface area contributed by atoms with E-state index >= 15 is 0 Å². The number of alkyl halides is 4. The van der Waals surface area contributed by atoms with Crippen molar-refractivity contribution >= 4 is 11.8 Å². The highest BCUT2D eigenvalue weighted by Crippen LogP contribution is 2.21. The topological polar surface area (TPSA) is 88.9 Å². The van der Waals surface area contributed by atoms with Gasteiger partial charge in [0.1, 0.15) is 6.54 Å². The summed E-state index contributed by atoms with van der Waals surface area (Å²) < 4.78 is 50.7. The van der Waals surface area contributed by atoms with Gasteiger partial charge >= 0.3 is 6.18 Å². The van der Waals surface area contributed by atoms with E-state index in [0.29, 0.717) is 37.1 Å². The zero-order valence-electron chi connectivity index (χ0n) is 16.7. The van der Waals surface area contributed by atoms with Crippen molar-refractivity contribution in [1.82, 2.24) is 25.6 Å². The summed E-state index contributed by atoms with van der Waals surface area (Å²) in [7, 11) is 0. The molecule has 2 amide bonds. The Morgan fingerprint density at radius 2 is 1.77 bits per heavy atom. The highest BCUT2D eigenvalue weighted by Gasteiger charge is 2.29. The zero-order chi connectivity index (χ0) is 22.4. The Morgan fingerprint density at radius 3 is 2.39 bits per heavy atom. The van der Waals surface area contributed by atoms with E-state index in [4.69, 9.17) is 0 Å². The van der Waals surface area contributed by atoms with Crippen LogP contribution in [-0.2, 0) is 6.42 Å². The molecule has 7 nitrogen and oxygen atoms in total. The van der Waals surface area contributed by atoms with E-state index in [1.807, 2.05) is 5.32 Å². The van der Waals surface area contributed by atoms with Crippen LogP contribution in [0.2, 0.25) is 0 Å².